The van der Waals surface area contributed by atoms with E-state index in [9.17, 15) is 9.59 Å². The van der Waals surface area contributed by atoms with E-state index in [2.05, 4.69) is 5.32 Å². The maximum atomic E-state index is 12.3. The van der Waals surface area contributed by atoms with Gasteiger partial charge in [0.15, 0.2) is 6.10 Å². The first-order chi connectivity index (χ1) is 12.5. The number of amides is 1. The molecular weight excluding hydrogens is 334 g/mol. The van der Waals surface area contributed by atoms with Crippen LogP contribution >= 0.6 is 0 Å². The standard InChI is InChI=1S/C20H23NO5/c1-4-13-25-20(23)14(2)26-18-9-5-15(6-10-18)19(22)21-16-7-11-17(24-3)12-8-16/h5-12,14H,4,13H2,1-3H3,(H,21,22)/t14-/m1/s1. The first-order valence-electron chi connectivity index (χ1n) is 8.42. The zero-order valence-electron chi connectivity index (χ0n) is 15.2. The van der Waals surface area contributed by atoms with Crippen LogP contribution in [0.2, 0.25) is 0 Å². The summed E-state index contributed by atoms with van der Waals surface area (Å²) in [6, 6.07) is 13.6. The minimum absolute atomic E-state index is 0.239. The summed E-state index contributed by atoms with van der Waals surface area (Å²) in [7, 11) is 1.58. The number of rotatable bonds is 8. The predicted octanol–water partition coefficient (Wildman–Crippen LogP) is 3.67. The second-order valence-corrected chi connectivity index (χ2v) is 5.63. The molecule has 2 aromatic rings. The Morgan fingerprint density at radius 2 is 1.62 bits per heavy atom. The minimum Gasteiger partial charge on any atom is -0.497 e. The molecule has 0 aliphatic rings. The molecule has 0 saturated carbocycles. The van der Waals surface area contributed by atoms with Crippen molar-refractivity contribution in [3.63, 3.8) is 0 Å². The van der Waals surface area contributed by atoms with E-state index in [-0.39, 0.29) is 5.91 Å². The first kappa shape index (κ1) is 19.3. The van der Waals surface area contributed by atoms with E-state index in [1.54, 1.807) is 62.6 Å². The number of nitrogens with one attached hydrogen (secondary N) is 1. The van der Waals surface area contributed by atoms with Crippen molar-refractivity contribution in [1.29, 1.82) is 0 Å². The van der Waals surface area contributed by atoms with Crippen LogP contribution in [0.25, 0.3) is 0 Å². The Morgan fingerprint density at radius 3 is 2.19 bits per heavy atom. The van der Waals surface area contributed by atoms with Crippen molar-refractivity contribution in [3.8, 4) is 11.5 Å². The summed E-state index contributed by atoms with van der Waals surface area (Å²) in [5.74, 6) is 0.563. The van der Waals surface area contributed by atoms with Crippen molar-refractivity contribution in [2.24, 2.45) is 0 Å². The molecule has 1 N–H and O–H groups in total. The van der Waals surface area contributed by atoms with Crippen LogP contribution in [0.1, 0.15) is 30.6 Å². The Morgan fingerprint density at radius 1 is 1.00 bits per heavy atom. The van der Waals surface area contributed by atoms with E-state index in [0.29, 0.717) is 23.6 Å². The van der Waals surface area contributed by atoms with Gasteiger partial charge in [0.05, 0.1) is 13.7 Å². The molecule has 1 atom stereocenters. The smallest absolute Gasteiger partial charge is 0.347 e. The molecule has 6 heteroatoms. The van der Waals surface area contributed by atoms with Gasteiger partial charge >= 0.3 is 5.97 Å². The van der Waals surface area contributed by atoms with E-state index >= 15 is 0 Å². The second-order valence-electron chi connectivity index (χ2n) is 5.63. The summed E-state index contributed by atoms with van der Waals surface area (Å²) >= 11 is 0. The van der Waals surface area contributed by atoms with E-state index < -0.39 is 12.1 Å². The van der Waals surface area contributed by atoms with Crippen LogP contribution in [0.15, 0.2) is 48.5 Å². The highest BCUT2D eigenvalue weighted by Crippen LogP contribution is 2.18. The molecule has 138 valence electrons. The average Bonchev–Trinajstić information content (AvgIpc) is 2.67. The fourth-order valence-corrected chi connectivity index (χ4v) is 2.13. The molecule has 0 aliphatic heterocycles. The third-order valence-corrected chi connectivity index (χ3v) is 3.56. The van der Waals surface area contributed by atoms with Crippen LogP contribution in [0.5, 0.6) is 11.5 Å². The van der Waals surface area contributed by atoms with Crippen LogP contribution < -0.4 is 14.8 Å². The highest BCUT2D eigenvalue weighted by Gasteiger charge is 2.16. The number of anilines is 1. The summed E-state index contributed by atoms with van der Waals surface area (Å²) in [5.41, 5.74) is 1.15. The van der Waals surface area contributed by atoms with Gasteiger partial charge in [0.2, 0.25) is 0 Å². The van der Waals surface area contributed by atoms with E-state index in [4.69, 9.17) is 14.2 Å². The number of carbonyl (C=O) groups excluding carboxylic acids is 2. The lowest BCUT2D eigenvalue weighted by Gasteiger charge is -2.14. The molecular formula is C20H23NO5. The Bertz CT molecular complexity index is 725. The molecule has 26 heavy (non-hydrogen) atoms. The quantitative estimate of drug-likeness (QED) is 0.730. The topological polar surface area (TPSA) is 73.9 Å². The van der Waals surface area contributed by atoms with Gasteiger partial charge in [0.25, 0.3) is 5.91 Å². The third kappa shape index (κ3) is 5.51. The summed E-state index contributed by atoms with van der Waals surface area (Å²) in [5, 5.41) is 2.80. The summed E-state index contributed by atoms with van der Waals surface area (Å²) in [4.78, 5) is 24.0. The van der Waals surface area contributed by atoms with Crippen molar-refractivity contribution in [1.82, 2.24) is 0 Å². The van der Waals surface area contributed by atoms with Gasteiger partial charge in [-0.2, -0.15) is 0 Å². The van der Waals surface area contributed by atoms with Crippen molar-refractivity contribution in [2.45, 2.75) is 26.4 Å². The fourth-order valence-electron chi connectivity index (χ4n) is 2.13. The van der Waals surface area contributed by atoms with E-state index in [1.165, 1.54) is 0 Å². The first-order valence-corrected chi connectivity index (χ1v) is 8.42. The van der Waals surface area contributed by atoms with Gasteiger partial charge in [-0.15, -0.1) is 0 Å². The van der Waals surface area contributed by atoms with E-state index in [0.717, 1.165) is 12.2 Å². The largest absolute Gasteiger partial charge is 0.497 e. The van der Waals surface area contributed by atoms with Gasteiger partial charge in [-0.1, -0.05) is 6.92 Å². The normalized spacial score (nSPS) is 11.3. The van der Waals surface area contributed by atoms with Crippen LogP contribution in [0.3, 0.4) is 0 Å². The van der Waals surface area contributed by atoms with Crippen LogP contribution in [-0.4, -0.2) is 31.7 Å². The molecule has 6 nitrogen and oxygen atoms in total. The van der Waals surface area contributed by atoms with Gasteiger partial charge < -0.3 is 19.5 Å². The van der Waals surface area contributed by atoms with Gasteiger partial charge in [-0.25, -0.2) is 4.79 Å². The molecule has 2 aromatic carbocycles. The molecule has 0 heterocycles. The summed E-state index contributed by atoms with van der Waals surface area (Å²) in [6.45, 7) is 3.92. The molecule has 1 amide bonds. The molecule has 0 saturated heterocycles. The molecule has 0 aliphatic carbocycles. The Labute approximate surface area is 153 Å². The van der Waals surface area contributed by atoms with Crippen molar-refractivity contribution >= 4 is 17.6 Å². The number of benzene rings is 2. The molecule has 0 aromatic heterocycles. The monoisotopic (exact) mass is 357 g/mol. The number of methoxy groups -OCH3 is 1. The Kier molecular flexibility index (Phi) is 7.02. The van der Waals surface area contributed by atoms with Crippen molar-refractivity contribution in [3.05, 3.63) is 54.1 Å². The van der Waals surface area contributed by atoms with Crippen LogP contribution in [0, 0.1) is 0 Å². The fraction of sp³-hybridized carbons (Fsp3) is 0.300. The summed E-state index contributed by atoms with van der Waals surface area (Å²) in [6.07, 6.45) is 0.0525. The molecule has 0 unspecified atom stereocenters. The molecule has 0 fully saturated rings. The number of carbonyl (C=O) groups is 2. The lowest BCUT2D eigenvalue weighted by molar-refractivity contribution is -0.151. The number of esters is 1. The zero-order valence-corrected chi connectivity index (χ0v) is 15.2. The maximum Gasteiger partial charge on any atom is 0.347 e. The van der Waals surface area contributed by atoms with Crippen molar-refractivity contribution in [2.75, 3.05) is 19.0 Å². The minimum atomic E-state index is -0.708. The Balaban J connectivity index is 1.93. The summed E-state index contributed by atoms with van der Waals surface area (Å²) < 4.78 is 15.6. The zero-order chi connectivity index (χ0) is 18.9. The van der Waals surface area contributed by atoms with Gasteiger partial charge in [-0.05, 0) is 61.9 Å². The third-order valence-electron chi connectivity index (χ3n) is 3.56. The van der Waals surface area contributed by atoms with Crippen LogP contribution in [-0.2, 0) is 9.53 Å². The molecule has 0 bridgehead atoms. The van der Waals surface area contributed by atoms with Crippen molar-refractivity contribution < 1.29 is 23.8 Å². The second kappa shape index (κ2) is 9.46. The van der Waals surface area contributed by atoms with Crippen LogP contribution in [0.4, 0.5) is 5.69 Å². The van der Waals surface area contributed by atoms with E-state index in [1.807, 2.05) is 6.92 Å². The number of ether oxygens (including phenoxy) is 3. The number of hydrogen-bond acceptors (Lipinski definition) is 5. The number of hydrogen-bond donors (Lipinski definition) is 1. The average molecular weight is 357 g/mol. The predicted molar refractivity (Wildman–Crippen MR) is 98.7 cm³/mol. The highest BCUT2D eigenvalue weighted by molar-refractivity contribution is 6.04. The van der Waals surface area contributed by atoms with Gasteiger partial charge in [0, 0.05) is 11.3 Å². The SMILES string of the molecule is CCCOC(=O)[C@@H](C)Oc1ccc(C(=O)Nc2ccc(OC)cc2)cc1. The molecule has 0 spiro atoms. The maximum absolute atomic E-state index is 12.3. The van der Waals surface area contributed by atoms with Gasteiger partial charge in [-0.3, -0.25) is 4.79 Å². The lowest BCUT2D eigenvalue weighted by Crippen LogP contribution is -2.26. The Hall–Kier alpha value is -3.02. The highest BCUT2D eigenvalue weighted by atomic mass is 16.6. The van der Waals surface area contributed by atoms with Gasteiger partial charge in [0.1, 0.15) is 11.5 Å². The lowest BCUT2D eigenvalue weighted by atomic mass is 10.2. The molecule has 2 rings (SSSR count). The molecule has 0 radical (unpaired) electrons.